The smallest absolute Gasteiger partial charge is 0.281 e. The van der Waals surface area contributed by atoms with Gasteiger partial charge in [-0.05, 0) is 35.3 Å². The molecule has 0 aliphatic heterocycles. The highest BCUT2D eigenvalue weighted by Crippen LogP contribution is 2.30. The van der Waals surface area contributed by atoms with E-state index in [4.69, 9.17) is 16.2 Å². The van der Waals surface area contributed by atoms with E-state index in [-0.39, 0.29) is 21.1 Å². The van der Waals surface area contributed by atoms with Gasteiger partial charge in [-0.25, -0.2) is 4.98 Å². The zero-order valence-electron chi connectivity index (χ0n) is 7.32. The van der Waals surface area contributed by atoms with Crippen LogP contribution in [0.25, 0.3) is 10.7 Å². The minimum atomic E-state index is -4.15. The minimum Gasteiger partial charge on any atom is -0.281 e. The largest absolute Gasteiger partial charge is 0.304 e. The third-order valence-electron chi connectivity index (χ3n) is 1.46. The molecule has 0 spiro atoms. The molecule has 0 aromatic carbocycles. The molecule has 5 nitrogen and oxygen atoms in total. The quantitative estimate of drug-likeness (QED) is 0.861. The molecule has 0 aliphatic carbocycles. The second kappa shape index (κ2) is 4.94. The van der Waals surface area contributed by atoms with Crippen molar-refractivity contribution in [3.63, 3.8) is 0 Å². The van der Waals surface area contributed by atoms with E-state index in [2.05, 4.69) is 9.36 Å². The molecule has 88 valence electrons. The van der Waals surface area contributed by atoms with Crippen LogP contribution in [-0.4, -0.2) is 22.3 Å². The third-order valence-corrected chi connectivity index (χ3v) is 4.66. The van der Waals surface area contributed by atoms with Crippen LogP contribution in [0.5, 0.6) is 0 Å². The van der Waals surface area contributed by atoms with Gasteiger partial charge in [0.25, 0.3) is 0 Å². The molecule has 2 aromatic heterocycles. The molecular formula is C6H4Cl2N2O3S3. The first-order chi connectivity index (χ1) is 6.97. The van der Waals surface area contributed by atoms with Crippen molar-refractivity contribution in [2.24, 2.45) is 0 Å². The Morgan fingerprint density at radius 3 is 2.50 bits per heavy atom. The number of halogens is 2. The van der Waals surface area contributed by atoms with E-state index in [0.717, 1.165) is 22.9 Å². The van der Waals surface area contributed by atoms with Crippen molar-refractivity contribution in [3.05, 3.63) is 16.6 Å². The van der Waals surface area contributed by atoms with Gasteiger partial charge in [-0.2, -0.15) is 12.8 Å². The molecule has 0 atom stereocenters. The molecule has 2 rings (SSSR count). The summed E-state index contributed by atoms with van der Waals surface area (Å²) >= 11 is 7.50. The standard InChI is InChI=1S/C6H3ClN2O3S3.ClH/c7-6-8-5(9-14-6)3-1-2-4(13-3)15(10,11)12;/h1-2H,(H,10,11,12);1H. The first-order valence-corrected chi connectivity index (χ1v) is 6.94. The fourth-order valence-corrected chi connectivity index (χ4v) is 3.16. The van der Waals surface area contributed by atoms with Crippen molar-refractivity contribution >= 4 is 57.0 Å². The summed E-state index contributed by atoms with van der Waals surface area (Å²) in [4.78, 5) is 4.43. The fraction of sp³-hybridized carbons (Fsp3) is 0. The summed E-state index contributed by atoms with van der Waals surface area (Å²) in [7, 11) is -4.15. The van der Waals surface area contributed by atoms with E-state index < -0.39 is 10.1 Å². The van der Waals surface area contributed by atoms with Gasteiger partial charge in [-0.15, -0.1) is 23.7 Å². The lowest BCUT2D eigenvalue weighted by Gasteiger charge is -1.87. The van der Waals surface area contributed by atoms with Gasteiger partial charge < -0.3 is 0 Å². The molecule has 0 saturated heterocycles. The Kier molecular flexibility index (Phi) is 4.27. The normalized spacial score (nSPS) is 11.1. The van der Waals surface area contributed by atoms with Gasteiger partial charge in [-0.3, -0.25) is 4.55 Å². The van der Waals surface area contributed by atoms with E-state index in [1.807, 2.05) is 0 Å². The molecule has 0 saturated carbocycles. The lowest BCUT2D eigenvalue weighted by molar-refractivity contribution is 0.485. The molecule has 2 heterocycles. The first-order valence-electron chi connectivity index (χ1n) is 3.54. The predicted molar refractivity (Wildman–Crippen MR) is 65.3 cm³/mol. The summed E-state index contributed by atoms with van der Waals surface area (Å²) in [6, 6.07) is 2.82. The van der Waals surface area contributed by atoms with Crippen LogP contribution in [-0.2, 0) is 10.1 Å². The van der Waals surface area contributed by atoms with E-state index in [1.165, 1.54) is 12.1 Å². The number of hydrogen-bond acceptors (Lipinski definition) is 6. The van der Waals surface area contributed by atoms with E-state index >= 15 is 0 Å². The molecule has 0 fully saturated rings. The zero-order chi connectivity index (χ0) is 11.1. The Bertz CT molecular complexity index is 592. The van der Waals surface area contributed by atoms with Crippen LogP contribution in [0.4, 0.5) is 0 Å². The Balaban J connectivity index is 0.00000128. The van der Waals surface area contributed by atoms with Crippen molar-refractivity contribution in [3.8, 4) is 10.7 Å². The van der Waals surface area contributed by atoms with Gasteiger partial charge in [0.2, 0.25) is 4.47 Å². The van der Waals surface area contributed by atoms with Gasteiger partial charge >= 0.3 is 10.1 Å². The topological polar surface area (TPSA) is 80.2 Å². The van der Waals surface area contributed by atoms with Crippen molar-refractivity contribution in [2.45, 2.75) is 4.21 Å². The second-order valence-electron chi connectivity index (χ2n) is 2.46. The molecule has 1 N–H and O–H groups in total. The SMILES string of the molecule is Cl.O=S(=O)(O)c1ccc(-c2nsc(Cl)n2)s1. The molecule has 0 unspecified atom stereocenters. The second-order valence-corrected chi connectivity index (χ2v) is 6.53. The van der Waals surface area contributed by atoms with Gasteiger partial charge in [0.05, 0.1) is 4.88 Å². The molecule has 0 bridgehead atoms. The molecule has 10 heteroatoms. The van der Waals surface area contributed by atoms with Gasteiger partial charge in [0, 0.05) is 0 Å². The van der Waals surface area contributed by atoms with Crippen molar-refractivity contribution < 1.29 is 13.0 Å². The Morgan fingerprint density at radius 1 is 1.38 bits per heavy atom. The number of aromatic nitrogens is 2. The molecule has 16 heavy (non-hydrogen) atoms. The van der Waals surface area contributed by atoms with Crippen LogP contribution < -0.4 is 0 Å². The lowest BCUT2D eigenvalue weighted by atomic mass is 10.4. The molecular weight excluding hydrogens is 315 g/mol. The lowest BCUT2D eigenvalue weighted by Crippen LogP contribution is -1.93. The predicted octanol–water partition coefficient (Wildman–Crippen LogP) is 2.59. The van der Waals surface area contributed by atoms with Crippen LogP contribution in [0.1, 0.15) is 0 Å². The molecule has 0 radical (unpaired) electrons. The average Bonchev–Trinajstić information content (AvgIpc) is 2.69. The fourth-order valence-electron chi connectivity index (χ4n) is 0.884. The Morgan fingerprint density at radius 2 is 2.06 bits per heavy atom. The van der Waals surface area contributed by atoms with Crippen LogP contribution in [0, 0.1) is 0 Å². The minimum absolute atomic E-state index is 0. The number of rotatable bonds is 2. The summed E-state index contributed by atoms with van der Waals surface area (Å²) in [6.45, 7) is 0. The number of nitrogens with zero attached hydrogens (tertiary/aromatic N) is 2. The monoisotopic (exact) mass is 318 g/mol. The van der Waals surface area contributed by atoms with Crippen molar-refractivity contribution in [1.29, 1.82) is 0 Å². The molecule has 2 aromatic rings. The van der Waals surface area contributed by atoms with Crippen molar-refractivity contribution in [1.82, 2.24) is 9.36 Å². The van der Waals surface area contributed by atoms with Crippen LogP contribution in [0.15, 0.2) is 16.3 Å². The van der Waals surface area contributed by atoms with E-state index in [9.17, 15) is 8.42 Å². The highest BCUT2D eigenvalue weighted by Gasteiger charge is 2.15. The van der Waals surface area contributed by atoms with Crippen molar-refractivity contribution in [2.75, 3.05) is 0 Å². The van der Waals surface area contributed by atoms with Gasteiger partial charge in [0.15, 0.2) is 5.82 Å². The maximum Gasteiger partial charge on any atom is 0.304 e. The summed E-state index contributed by atoms with van der Waals surface area (Å²) in [5, 5.41) is 0. The maximum atomic E-state index is 10.8. The van der Waals surface area contributed by atoms with Crippen LogP contribution in [0.2, 0.25) is 4.47 Å². The van der Waals surface area contributed by atoms with E-state index in [0.29, 0.717) is 10.7 Å². The van der Waals surface area contributed by atoms with Crippen LogP contribution >= 0.6 is 46.9 Å². The Hall–Kier alpha value is -0.250. The number of hydrogen-bond donors (Lipinski definition) is 1. The Labute approximate surface area is 110 Å². The zero-order valence-corrected chi connectivity index (χ0v) is 11.3. The van der Waals surface area contributed by atoms with Crippen LogP contribution in [0.3, 0.4) is 0 Å². The maximum absolute atomic E-state index is 10.8. The van der Waals surface area contributed by atoms with Gasteiger partial charge in [-0.1, -0.05) is 0 Å². The van der Waals surface area contributed by atoms with Gasteiger partial charge in [0.1, 0.15) is 4.21 Å². The highest BCUT2D eigenvalue weighted by molar-refractivity contribution is 7.88. The highest BCUT2D eigenvalue weighted by atomic mass is 35.5. The van der Waals surface area contributed by atoms with E-state index in [1.54, 1.807) is 0 Å². The molecule has 0 aliphatic rings. The number of thiophene rings is 1. The average molecular weight is 319 g/mol. The summed E-state index contributed by atoms with van der Waals surface area (Å²) in [5.41, 5.74) is 0. The summed E-state index contributed by atoms with van der Waals surface area (Å²) < 4.78 is 34.4. The summed E-state index contributed by atoms with van der Waals surface area (Å²) in [6.07, 6.45) is 0. The molecule has 0 amide bonds. The third kappa shape index (κ3) is 2.90. The summed E-state index contributed by atoms with van der Waals surface area (Å²) in [5.74, 6) is 0.366. The first kappa shape index (κ1) is 13.8.